The fourth-order valence-electron chi connectivity index (χ4n) is 2.44. The lowest BCUT2D eigenvalue weighted by molar-refractivity contribution is -0.143. The first-order valence-electron chi connectivity index (χ1n) is 7.59. The standard InChI is InChI=1S/C18H14F3N3O2/c1-11-6-8-12(9-7-11)24-16(18(19,20)21)13(10-22-24)17(26)23-14-4-2-3-5-15(14)25/h2-10,25H,1H3,(H,23,26). The summed E-state index contributed by atoms with van der Waals surface area (Å²) in [6.07, 6.45) is -3.94. The van der Waals surface area contributed by atoms with Crippen LogP contribution in [0.4, 0.5) is 18.9 Å². The molecule has 0 saturated carbocycles. The van der Waals surface area contributed by atoms with Crippen LogP contribution in [0.25, 0.3) is 5.69 Å². The van der Waals surface area contributed by atoms with E-state index in [2.05, 4.69) is 10.4 Å². The maximum Gasteiger partial charge on any atom is 0.434 e. The van der Waals surface area contributed by atoms with Crippen LogP contribution in [0, 0.1) is 6.92 Å². The quantitative estimate of drug-likeness (QED) is 0.689. The van der Waals surface area contributed by atoms with E-state index in [4.69, 9.17) is 0 Å². The highest BCUT2D eigenvalue weighted by Crippen LogP contribution is 2.34. The number of rotatable bonds is 3. The number of nitrogens with one attached hydrogen (secondary N) is 1. The Labute approximate surface area is 146 Å². The number of carbonyl (C=O) groups is 1. The lowest BCUT2D eigenvalue weighted by Crippen LogP contribution is -2.20. The Morgan fingerprint density at radius 3 is 2.38 bits per heavy atom. The molecule has 0 unspecified atom stereocenters. The largest absolute Gasteiger partial charge is 0.506 e. The van der Waals surface area contributed by atoms with Gasteiger partial charge in [0.2, 0.25) is 0 Å². The molecule has 0 bridgehead atoms. The number of carbonyl (C=O) groups excluding carboxylic acids is 1. The summed E-state index contributed by atoms with van der Waals surface area (Å²) in [7, 11) is 0. The SMILES string of the molecule is Cc1ccc(-n2ncc(C(=O)Nc3ccccc3O)c2C(F)(F)F)cc1. The van der Waals surface area contributed by atoms with Gasteiger partial charge in [0, 0.05) is 0 Å². The highest BCUT2D eigenvalue weighted by atomic mass is 19.4. The average molecular weight is 361 g/mol. The third kappa shape index (κ3) is 3.39. The third-order valence-electron chi connectivity index (χ3n) is 3.71. The molecule has 0 spiro atoms. The minimum atomic E-state index is -4.80. The zero-order valence-corrected chi connectivity index (χ0v) is 13.6. The van der Waals surface area contributed by atoms with Gasteiger partial charge in [0.1, 0.15) is 5.75 Å². The second-order valence-corrected chi connectivity index (χ2v) is 5.62. The molecule has 0 aliphatic carbocycles. The molecule has 1 aromatic heterocycles. The van der Waals surface area contributed by atoms with Gasteiger partial charge in [0.05, 0.1) is 23.1 Å². The van der Waals surface area contributed by atoms with E-state index in [1.807, 2.05) is 6.92 Å². The second-order valence-electron chi connectivity index (χ2n) is 5.62. The number of phenolic OH excluding ortho intramolecular Hbond substituents is 1. The summed E-state index contributed by atoms with van der Waals surface area (Å²) in [5.41, 5.74) is -0.749. The highest BCUT2D eigenvalue weighted by Gasteiger charge is 2.40. The van der Waals surface area contributed by atoms with Crippen molar-refractivity contribution in [2.75, 3.05) is 5.32 Å². The van der Waals surface area contributed by atoms with Crippen molar-refractivity contribution in [3.8, 4) is 11.4 Å². The van der Waals surface area contributed by atoms with Crippen molar-refractivity contribution in [1.82, 2.24) is 9.78 Å². The van der Waals surface area contributed by atoms with Gasteiger partial charge < -0.3 is 10.4 Å². The summed E-state index contributed by atoms with van der Waals surface area (Å²) >= 11 is 0. The van der Waals surface area contributed by atoms with Gasteiger partial charge in [-0.3, -0.25) is 4.79 Å². The molecule has 2 aromatic carbocycles. The van der Waals surface area contributed by atoms with Gasteiger partial charge >= 0.3 is 6.18 Å². The van der Waals surface area contributed by atoms with Gasteiger partial charge in [-0.1, -0.05) is 29.8 Å². The molecular weight excluding hydrogens is 347 g/mol. The molecule has 134 valence electrons. The Bertz CT molecular complexity index is 947. The number of aromatic nitrogens is 2. The van der Waals surface area contributed by atoms with Gasteiger partial charge in [0.15, 0.2) is 5.69 Å². The predicted octanol–water partition coefficient (Wildman–Crippen LogP) is 4.16. The fraction of sp³-hybridized carbons (Fsp3) is 0.111. The Hall–Kier alpha value is -3.29. The van der Waals surface area contributed by atoms with Crippen molar-refractivity contribution in [2.24, 2.45) is 0 Å². The van der Waals surface area contributed by atoms with Crippen LogP contribution in [0.2, 0.25) is 0 Å². The Morgan fingerprint density at radius 1 is 1.12 bits per heavy atom. The Balaban J connectivity index is 2.04. The van der Waals surface area contributed by atoms with Crippen LogP contribution in [0.15, 0.2) is 54.7 Å². The van der Waals surface area contributed by atoms with Crippen LogP contribution in [0.1, 0.15) is 21.6 Å². The number of halogens is 3. The second kappa shape index (κ2) is 6.55. The number of aromatic hydroxyl groups is 1. The van der Waals surface area contributed by atoms with Crippen LogP contribution in [0.3, 0.4) is 0 Å². The molecule has 1 heterocycles. The molecule has 3 rings (SSSR count). The van der Waals surface area contributed by atoms with Crippen LogP contribution in [-0.4, -0.2) is 20.8 Å². The summed E-state index contributed by atoms with van der Waals surface area (Å²) in [5.74, 6) is -1.27. The molecular formula is C18H14F3N3O2. The van der Waals surface area contributed by atoms with E-state index >= 15 is 0 Å². The Kier molecular flexibility index (Phi) is 4.41. The van der Waals surface area contributed by atoms with Crippen molar-refractivity contribution in [3.63, 3.8) is 0 Å². The summed E-state index contributed by atoms with van der Waals surface area (Å²) in [5, 5.41) is 15.7. The molecule has 0 saturated heterocycles. The van der Waals surface area contributed by atoms with Crippen LogP contribution >= 0.6 is 0 Å². The summed E-state index contributed by atoms with van der Waals surface area (Å²) in [4.78, 5) is 12.4. The maximum absolute atomic E-state index is 13.6. The smallest absolute Gasteiger partial charge is 0.434 e. The number of benzene rings is 2. The van der Waals surface area contributed by atoms with Crippen molar-refractivity contribution in [2.45, 2.75) is 13.1 Å². The minimum absolute atomic E-state index is 0.00807. The van der Waals surface area contributed by atoms with E-state index < -0.39 is 23.3 Å². The molecule has 0 atom stereocenters. The van der Waals surface area contributed by atoms with E-state index in [1.54, 1.807) is 12.1 Å². The van der Waals surface area contributed by atoms with Crippen LogP contribution < -0.4 is 5.32 Å². The summed E-state index contributed by atoms with van der Waals surface area (Å²) in [6, 6.07) is 12.0. The number of para-hydroxylation sites is 2. The zero-order chi connectivity index (χ0) is 18.9. The molecule has 5 nitrogen and oxygen atoms in total. The number of hydrogen-bond acceptors (Lipinski definition) is 3. The number of nitrogens with zero attached hydrogens (tertiary/aromatic N) is 2. The average Bonchev–Trinajstić information content (AvgIpc) is 3.03. The number of aryl methyl sites for hydroxylation is 1. The van der Waals surface area contributed by atoms with Crippen molar-refractivity contribution >= 4 is 11.6 Å². The molecule has 1 amide bonds. The number of amides is 1. The first kappa shape index (κ1) is 17.5. The Morgan fingerprint density at radius 2 is 1.77 bits per heavy atom. The normalized spacial score (nSPS) is 11.4. The lowest BCUT2D eigenvalue weighted by atomic mass is 10.2. The monoisotopic (exact) mass is 361 g/mol. The molecule has 0 fully saturated rings. The van der Waals surface area contributed by atoms with Gasteiger partial charge in [-0.2, -0.15) is 18.3 Å². The molecule has 3 aromatic rings. The van der Waals surface area contributed by atoms with Crippen LogP contribution in [-0.2, 0) is 6.18 Å². The molecule has 8 heteroatoms. The highest BCUT2D eigenvalue weighted by molar-refractivity contribution is 6.05. The van der Waals surface area contributed by atoms with Gasteiger partial charge in [-0.15, -0.1) is 0 Å². The maximum atomic E-state index is 13.6. The van der Waals surface area contributed by atoms with E-state index in [0.29, 0.717) is 4.68 Å². The van der Waals surface area contributed by atoms with E-state index in [1.165, 1.54) is 36.4 Å². The van der Waals surface area contributed by atoms with E-state index in [9.17, 15) is 23.1 Å². The van der Waals surface area contributed by atoms with E-state index in [-0.39, 0.29) is 17.1 Å². The molecule has 2 N–H and O–H groups in total. The zero-order valence-electron chi connectivity index (χ0n) is 13.6. The van der Waals surface area contributed by atoms with Gasteiger partial charge in [0.25, 0.3) is 5.91 Å². The summed E-state index contributed by atoms with van der Waals surface area (Å²) in [6.45, 7) is 1.81. The predicted molar refractivity (Wildman–Crippen MR) is 89.4 cm³/mol. The summed E-state index contributed by atoms with van der Waals surface area (Å²) < 4.78 is 41.5. The van der Waals surface area contributed by atoms with E-state index in [0.717, 1.165) is 11.8 Å². The fourth-order valence-corrected chi connectivity index (χ4v) is 2.44. The molecule has 26 heavy (non-hydrogen) atoms. The number of alkyl halides is 3. The first-order valence-corrected chi connectivity index (χ1v) is 7.59. The van der Waals surface area contributed by atoms with Crippen molar-refractivity contribution < 1.29 is 23.1 Å². The topological polar surface area (TPSA) is 67.2 Å². The number of phenols is 1. The van der Waals surface area contributed by atoms with Crippen molar-refractivity contribution in [3.05, 3.63) is 71.5 Å². The molecule has 0 aliphatic heterocycles. The third-order valence-corrected chi connectivity index (χ3v) is 3.71. The first-order chi connectivity index (χ1) is 12.3. The molecule has 0 radical (unpaired) electrons. The lowest BCUT2D eigenvalue weighted by Gasteiger charge is -2.13. The van der Waals surface area contributed by atoms with Crippen LogP contribution in [0.5, 0.6) is 5.75 Å². The minimum Gasteiger partial charge on any atom is -0.506 e. The van der Waals surface area contributed by atoms with Gasteiger partial charge in [-0.05, 0) is 31.2 Å². The van der Waals surface area contributed by atoms with Gasteiger partial charge in [-0.25, -0.2) is 4.68 Å². The number of hydrogen-bond donors (Lipinski definition) is 2. The number of anilines is 1. The molecule has 0 aliphatic rings. The van der Waals surface area contributed by atoms with Crippen molar-refractivity contribution in [1.29, 1.82) is 0 Å².